The molecule has 19 heavy (non-hydrogen) atoms. The van der Waals surface area contributed by atoms with Gasteiger partial charge in [-0.15, -0.1) is 11.3 Å². The summed E-state index contributed by atoms with van der Waals surface area (Å²) >= 11 is 1.70. The second kappa shape index (κ2) is 6.78. The van der Waals surface area contributed by atoms with Crippen molar-refractivity contribution >= 4 is 11.3 Å². The molecule has 102 valence electrons. The first kappa shape index (κ1) is 14.2. The zero-order valence-corrected chi connectivity index (χ0v) is 11.6. The van der Waals surface area contributed by atoms with Crippen molar-refractivity contribution in [2.24, 2.45) is 0 Å². The third-order valence-corrected chi connectivity index (χ3v) is 3.98. The second-order valence-electron chi connectivity index (χ2n) is 4.39. The molecule has 0 aliphatic carbocycles. The van der Waals surface area contributed by atoms with Gasteiger partial charge in [0, 0.05) is 22.5 Å². The highest BCUT2D eigenvalue weighted by molar-refractivity contribution is 7.09. The topological polar surface area (TPSA) is 12.0 Å². The molecule has 1 nitrogen and oxygen atoms in total. The van der Waals surface area contributed by atoms with Gasteiger partial charge in [0.05, 0.1) is 0 Å². The van der Waals surface area contributed by atoms with Crippen molar-refractivity contribution < 1.29 is 8.78 Å². The molecular weight excluding hydrogens is 264 g/mol. The van der Waals surface area contributed by atoms with Crippen LogP contribution in [0, 0.1) is 11.6 Å². The van der Waals surface area contributed by atoms with Gasteiger partial charge in [-0.2, -0.15) is 0 Å². The van der Waals surface area contributed by atoms with Crippen molar-refractivity contribution in [1.29, 1.82) is 0 Å². The van der Waals surface area contributed by atoms with Gasteiger partial charge in [-0.25, -0.2) is 8.78 Å². The summed E-state index contributed by atoms with van der Waals surface area (Å²) in [4.78, 5) is 1.28. The summed E-state index contributed by atoms with van der Waals surface area (Å²) in [6.45, 7) is 2.74. The second-order valence-corrected chi connectivity index (χ2v) is 5.43. The molecule has 0 radical (unpaired) electrons. The van der Waals surface area contributed by atoms with Gasteiger partial charge in [-0.3, -0.25) is 0 Å². The monoisotopic (exact) mass is 281 g/mol. The van der Waals surface area contributed by atoms with E-state index in [4.69, 9.17) is 0 Å². The molecule has 0 aliphatic heterocycles. The highest BCUT2D eigenvalue weighted by Crippen LogP contribution is 2.24. The Kier molecular flexibility index (Phi) is 5.05. The Balaban J connectivity index is 2.10. The quantitative estimate of drug-likeness (QED) is 0.832. The molecule has 0 bridgehead atoms. The third-order valence-electron chi connectivity index (χ3n) is 3.05. The molecule has 1 heterocycles. The molecule has 0 saturated carbocycles. The number of thiophene rings is 1. The fraction of sp³-hybridized carbons (Fsp3) is 0.333. The summed E-state index contributed by atoms with van der Waals surface area (Å²) in [5, 5.41) is 5.30. The molecule has 0 amide bonds. The Morgan fingerprint density at radius 2 is 2.11 bits per heavy atom. The summed E-state index contributed by atoms with van der Waals surface area (Å²) < 4.78 is 26.8. The molecule has 4 heteroatoms. The molecular formula is C15H17F2NS. The predicted octanol–water partition coefficient (Wildman–Crippen LogP) is 4.31. The van der Waals surface area contributed by atoms with Crippen LogP contribution in [0.15, 0.2) is 35.7 Å². The summed E-state index contributed by atoms with van der Waals surface area (Å²) in [6.07, 6.45) is 1.70. The number of benzene rings is 1. The maximum Gasteiger partial charge on any atom is 0.130 e. The zero-order chi connectivity index (χ0) is 13.7. The number of hydrogen-bond acceptors (Lipinski definition) is 2. The van der Waals surface area contributed by atoms with E-state index in [9.17, 15) is 8.78 Å². The standard InChI is InChI=1S/C15H17F2NS/c1-2-18-15(8-6-12-4-3-9-19-12)13-7-5-11(16)10-14(13)17/h3-5,7,9-10,15,18H,2,6,8H2,1H3. The number of hydrogen-bond donors (Lipinski definition) is 1. The lowest BCUT2D eigenvalue weighted by atomic mass is 10.0. The summed E-state index contributed by atoms with van der Waals surface area (Å²) in [7, 11) is 0. The van der Waals surface area contributed by atoms with Gasteiger partial charge in [0.25, 0.3) is 0 Å². The van der Waals surface area contributed by atoms with Gasteiger partial charge in [0.2, 0.25) is 0 Å². The lowest BCUT2D eigenvalue weighted by molar-refractivity contribution is 0.481. The van der Waals surface area contributed by atoms with E-state index >= 15 is 0 Å². The van der Waals surface area contributed by atoms with Gasteiger partial charge >= 0.3 is 0 Å². The minimum absolute atomic E-state index is 0.0762. The molecule has 1 unspecified atom stereocenters. The highest BCUT2D eigenvalue weighted by atomic mass is 32.1. The molecule has 0 aliphatic rings. The Bertz CT molecular complexity index is 511. The number of halogens is 2. The summed E-state index contributed by atoms with van der Waals surface area (Å²) in [5.74, 6) is -1.01. The summed E-state index contributed by atoms with van der Waals surface area (Å²) in [5.41, 5.74) is 0.541. The van der Waals surface area contributed by atoms with Crippen LogP contribution in [0.4, 0.5) is 8.78 Å². The Hall–Kier alpha value is -1.26. The van der Waals surface area contributed by atoms with Gasteiger partial charge in [0.15, 0.2) is 0 Å². The molecule has 2 aromatic rings. The Labute approximate surface area is 116 Å². The zero-order valence-electron chi connectivity index (χ0n) is 10.8. The van der Waals surface area contributed by atoms with Crippen LogP contribution in [0.2, 0.25) is 0 Å². The molecule has 1 N–H and O–H groups in total. The fourth-order valence-corrected chi connectivity index (χ4v) is 2.86. The molecule has 2 rings (SSSR count). The molecule has 1 aromatic heterocycles. The van der Waals surface area contributed by atoms with Gasteiger partial charge in [0.1, 0.15) is 11.6 Å². The first-order chi connectivity index (χ1) is 9.20. The molecule has 1 atom stereocenters. The maximum atomic E-state index is 13.8. The van der Waals surface area contributed by atoms with E-state index in [-0.39, 0.29) is 6.04 Å². The minimum Gasteiger partial charge on any atom is -0.310 e. The van der Waals surface area contributed by atoms with Crippen molar-refractivity contribution in [3.8, 4) is 0 Å². The van der Waals surface area contributed by atoms with E-state index in [1.165, 1.54) is 17.0 Å². The van der Waals surface area contributed by atoms with E-state index in [0.717, 1.165) is 25.5 Å². The smallest absolute Gasteiger partial charge is 0.130 e. The first-order valence-corrected chi connectivity index (χ1v) is 7.29. The largest absolute Gasteiger partial charge is 0.310 e. The van der Waals surface area contributed by atoms with Crippen LogP contribution >= 0.6 is 11.3 Å². The van der Waals surface area contributed by atoms with Crippen molar-refractivity contribution in [2.45, 2.75) is 25.8 Å². The molecule has 0 fully saturated rings. The van der Waals surface area contributed by atoms with Crippen molar-refractivity contribution in [3.63, 3.8) is 0 Å². The van der Waals surface area contributed by atoms with Gasteiger partial charge in [-0.05, 0) is 36.9 Å². The predicted molar refractivity (Wildman–Crippen MR) is 75.4 cm³/mol. The van der Waals surface area contributed by atoms with E-state index in [1.807, 2.05) is 18.4 Å². The van der Waals surface area contributed by atoms with Crippen LogP contribution in [0.25, 0.3) is 0 Å². The number of aryl methyl sites for hydroxylation is 1. The van der Waals surface area contributed by atoms with Gasteiger partial charge < -0.3 is 5.32 Å². The Morgan fingerprint density at radius 3 is 2.74 bits per heavy atom. The fourth-order valence-electron chi connectivity index (χ4n) is 2.14. The minimum atomic E-state index is -0.533. The van der Waals surface area contributed by atoms with Crippen molar-refractivity contribution in [2.75, 3.05) is 6.54 Å². The lowest BCUT2D eigenvalue weighted by Gasteiger charge is -2.18. The average Bonchev–Trinajstić information content (AvgIpc) is 2.88. The lowest BCUT2D eigenvalue weighted by Crippen LogP contribution is -2.22. The number of rotatable bonds is 6. The number of nitrogens with one attached hydrogen (secondary N) is 1. The van der Waals surface area contributed by atoms with Crippen LogP contribution in [0.5, 0.6) is 0 Å². The van der Waals surface area contributed by atoms with Crippen LogP contribution in [-0.2, 0) is 6.42 Å². The van der Waals surface area contributed by atoms with E-state index in [0.29, 0.717) is 5.56 Å². The van der Waals surface area contributed by atoms with Crippen molar-refractivity contribution in [3.05, 3.63) is 57.8 Å². The highest BCUT2D eigenvalue weighted by Gasteiger charge is 2.15. The summed E-state index contributed by atoms with van der Waals surface area (Å²) in [6, 6.07) is 7.81. The van der Waals surface area contributed by atoms with E-state index < -0.39 is 11.6 Å². The third kappa shape index (κ3) is 3.85. The SMILES string of the molecule is CCNC(CCc1cccs1)c1ccc(F)cc1F. The van der Waals surface area contributed by atoms with Crippen LogP contribution in [0.3, 0.4) is 0 Å². The Morgan fingerprint density at radius 1 is 1.26 bits per heavy atom. The van der Waals surface area contributed by atoms with Crippen molar-refractivity contribution in [1.82, 2.24) is 5.32 Å². The van der Waals surface area contributed by atoms with E-state index in [2.05, 4.69) is 11.4 Å². The van der Waals surface area contributed by atoms with Gasteiger partial charge in [-0.1, -0.05) is 19.1 Å². The van der Waals surface area contributed by atoms with Crippen LogP contribution in [0.1, 0.15) is 29.8 Å². The maximum absolute atomic E-state index is 13.8. The van der Waals surface area contributed by atoms with E-state index in [1.54, 1.807) is 11.3 Å². The molecule has 1 aromatic carbocycles. The molecule has 0 saturated heterocycles. The first-order valence-electron chi connectivity index (χ1n) is 6.41. The van der Waals surface area contributed by atoms with Crippen LogP contribution in [-0.4, -0.2) is 6.54 Å². The van der Waals surface area contributed by atoms with Crippen LogP contribution < -0.4 is 5.32 Å². The average molecular weight is 281 g/mol. The normalized spacial score (nSPS) is 12.6. The molecule has 0 spiro atoms.